The molecule has 0 aromatic rings. The van der Waals surface area contributed by atoms with Crippen LogP contribution in [0.15, 0.2) is 0 Å². The molecule has 8 fully saturated rings. The largest absolute Gasteiger partial charge is 0.438 e. The van der Waals surface area contributed by atoms with Gasteiger partial charge in [0.1, 0.15) is 0 Å². The Morgan fingerprint density at radius 2 is 1.67 bits per heavy atom. The van der Waals surface area contributed by atoms with Crippen molar-refractivity contribution in [2.24, 2.45) is 69.5 Å². The zero-order chi connectivity index (χ0) is 30.6. The maximum atomic E-state index is 12.8. The SMILES string of the molecule is C[C@@H]1C2C[C@H](O)CC[C@]2(C)C2C[C@H](C)[C@]3(C)C(CCCC(=O)OCOC45CC6CC(C)(CC(O)(C6)C4)C5)CCC3C2[C@@H]1C. The lowest BCUT2D eigenvalue weighted by atomic mass is 9.39. The highest BCUT2D eigenvalue weighted by Gasteiger charge is 2.65. The number of esters is 1. The topological polar surface area (TPSA) is 76.0 Å². The van der Waals surface area contributed by atoms with Crippen LogP contribution in [0, 0.1) is 69.5 Å². The van der Waals surface area contributed by atoms with Crippen molar-refractivity contribution in [3.8, 4) is 0 Å². The molecule has 9 unspecified atom stereocenters. The average Bonchev–Trinajstić information content (AvgIpc) is 3.24. The third kappa shape index (κ3) is 4.90. The molecule has 0 radical (unpaired) electrons. The van der Waals surface area contributed by atoms with Crippen molar-refractivity contribution in [2.45, 2.75) is 155 Å². The minimum Gasteiger partial charge on any atom is -0.438 e. The zero-order valence-corrected chi connectivity index (χ0v) is 28.2. The van der Waals surface area contributed by atoms with Crippen LogP contribution in [0.3, 0.4) is 0 Å². The summed E-state index contributed by atoms with van der Waals surface area (Å²) in [4.78, 5) is 12.8. The molecule has 8 aliphatic carbocycles. The summed E-state index contributed by atoms with van der Waals surface area (Å²) in [6, 6.07) is 0. The molecule has 0 aromatic carbocycles. The van der Waals surface area contributed by atoms with Crippen molar-refractivity contribution in [3.63, 3.8) is 0 Å². The van der Waals surface area contributed by atoms with E-state index in [1.54, 1.807) is 0 Å². The Kier molecular flexibility index (Phi) is 7.51. The standard InChI is InChI=1S/C38H62O5/c1-23-14-31-33(25(3)24(2)30-15-28(39)12-13-35(30,31)5)29-11-10-27(36(23,29)6)8-7-9-32(40)42-22-43-38-18-26-16-34(4,20-38)19-37(41,17-26)21-38/h23-31,33,39,41H,7-22H2,1-6H3/t23-,24-,25+,26?,27?,28+,29?,30?,31?,33?,34?,35-,36+,37?,38?/m0/s1. The molecule has 4 bridgehead atoms. The predicted molar refractivity (Wildman–Crippen MR) is 168 cm³/mol. The van der Waals surface area contributed by atoms with E-state index in [0.29, 0.717) is 53.3 Å². The fraction of sp³-hybridized carbons (Fsp3) is 0.974. The number of hydrogen-bond acceptors (Lipinski definition) is 5. The third-order valence-electron chi connectivity index (χ3n) is 16.2. The van der Waals surface area contributed by atoms with Gasteiger partial charge in [-0.15, -0.1) is 0 Å². The van der Waals surface area contributed by atoms with Crippen LogP contribution >= 0.6 is 0 Å². The van der Waals surface area contributed by atoms with Crippen LogP contribution in [0.25, 0.3) is 0 Å². The van der Waals surface area contributed by atoms with Gasteiger partial charge in [-0.3, -0.25) is 4.79 Å². The first kappa shape index (κ1) is 31.0. The van der Waals surface area contributed by atoms with Gasteiger partial charge >= 0.3 is 5.97 Å². The molecule has 0 aromatic heterocycles. The van der Waals surface area contributed by atoms with Crippen molar-refractivity contribution in [1.29, 1.82) is 0 Å². The van der Waals surface area contributed by atoms with E-state index in [-0.39, 0.29) is 29.9 Å². The fourth-order valence-corrected chi connectivity index (χ4v) is 14.7. The summed E-state index contributed by atoms with van der Waals surface area (Å²) in [5, 5.41) is 21.7. The third-order valence-corrected chi connectivity index (χ3v) is 16.2. The monoisotopic (exact) mass is 598 g/mol. The number of hydrogen-bond donors (Lipinski definition) is 2. The van der Waals surface area contributed by atoms with Crippen LogP contribution in [-0.4, -0.2) is 40.3 Å². The minimum atomic E-state index is -0.588. The fourth-order valence-electron chi connectivity index (χ4n) is 14.7. The Bertz CT molecular complexity index is 1070. The van der Waals surface area contributed by atoms with Crippen molar-refractivity contribution >= 4 is 5.97 Å². The lowest BCUT2D eigenvalue weighted by molar-refractivity contribution is -0.262. The molecule has 0 heterocycles. The van der Waals surface area contributed by atoms with Gasteiger partial charge in [-0.05, 0) is 153 Å². The molecule has 0 amide bonds. The Morgan fingerprint density at radius 3 is 2.42 bits per heavy atom. The van der Waals surface area contributed by atoms with Gasteiger partial charge in [0.15, 0.2) is 6.79 Å². The summed E-state index contributed by atoms with van der Waals surface area (Å²) in [5.74, 6) is 6.23. The molecule has 8 rings (SSSR count). The highest BCUT2D eigenvalue weighted by Crippen LogP contribution is 2.71. The van der Waals surface area contributed by atoms with Gasteiger partial charge in [0.25, 0.3) is 0 Å². The molecule has 0 aliphatic heterocycles. The summed E-state index contributed by atoms with van der Waals surface area (Å²) < 4.78 is 12.0. The van der Waals surface area contributed by atoms with Gasteiger partial charge in [-0.2, -0.15) is 0 Å². The summed E-state index contributed by atoms with van der Waals surface area (Å²) in [6.45, 7) is 15.2. The molecule has 5 nitrogen and oxygen atoms in total. The molecule has 8 aliphatic rings. The maximum Gasteiger partial charge on any atom is 0.307 e. The van der Waals surface area contributed by atoms with Gasteiger partial charge in [0.2, 0.25) is 0 Å². The lowest BCUT2D eigenvalue weighted by Gasteiger charge is -2.66. The van der Waals surface area contributed by atoms with Crippen molar-refractivity contribution in [1.82, 2.24) is 0 Å². The smallest absolute Gasteiger partial charge is 0.307 e. The summed E-state index contributed by atoms with van der Waals surface area (Å²) >= 11 is 0. The molecule has 8 saturated carbocycles. The second-order valence-corrected chi connectivity index (χ2v) is 18.7. The lowest BCUT2D eigenvalue weighted by Crippen LogP contribution is -2.63. The van der Waals surface area contributed by atoms with Crippen LogP contribution in [0.2, 0.25) is 0 Å². The zero-order valence-electron chi connectivity index (χ0n) is 28.2. The van der Waals surface area contributed by atoms with Crippen LogP contribution in [-0.2, 0) is 14.3 Å². The van der Waals surface area contributed by atoms with Crippen molar-refractivity contribution in [2.75, 3.05) is 6.79 Å². The van der Waals surface area contributed by atoms with E-state index < -0.39 is 5.60 Å². The molecule has 244 valence electrons. The second kappa shape index (κ2) is 10.4. The van der Waals surface area contributed by atoms with Crippen molar-refractivity contribution < 1.29 is 24.5 Å². The first-order chi connectivity index (χ1) is 20.2. The van der Waals surface area contributed by atoms with Crippen molar-refractivity contribution in [3.05, 3.63) is 0 Å². The number of aliphatic hydroxyl groups excluding tert-OH is 1. The summed E-state index contributed by atoms with van der Waals surface area (Å²) in [7, 11) is 0. The Balaban J connectivity index is 0.937. The second-order valence-electron chi connectivity index (χ2n) is 18.7. The van der Waals surface area contributed by atoms with Crippen LogP contribution in [0.1, 0.15) is 138 Å². The summed E-state index contributed by atoms with van der Waals surface area (Å²) in [5.41, 5.74) is -0.00571. The Hall–Kier alpha value is -0.650. The molecule has 0 saturated heterocycles. The molecule has 15 atom stereocenters. The maximum absolute atomic E-state index is 12.8. The van der Waals surface area contributed by atoms with Gasteiger partial charge in [-0.25, -0.2) is 0 Å². The molecular formula is C38H62O5. The number of carbonyl (C=O) groups is 1. The molecule has 5 heteroatoms. The van der Waals surface area contributed by atoms with E-state index in [1.165, 1.54) is 32.1 Å². The van der Waals surface area contributed by atoms with E-state index >= 15 is 0 Å². The minimum absolute atomic E-state index is 0.0356. The first-order valence-corrected chi connectivity index (χ1v) is 18.4. The first-order valence-electron chi connectivity index (χ1n) is 18.4. The van der Waals surface area contributed by atoms with E-state index in [9.17, 15) is 15.0 Å². The van der Waals surface area contributed by atoms with E-state index in [1.807, 2.05) is 0 Å². The highest BCUT2D eigenvalue weighted by molar-refractivity contribution is 5.69. The number of rotatable bonds is 7. The molecular weight excluding hydrogens is 536 g/mol. The van der Waals surface area contributed by atoms with E-state index in [0.717, 1.165) is 75.0 Å². The predicted octanol–water partition coefficient (Wildman–Crippen LogP) is 7.91. The van der Waals surface area contributed by atoms with E-state index in [2.05, 4.69) is 41.5 Å². The quantitative estimate of drug-likeness (QED) is 0.230. The van der Waals surface area contributed by atoms with Crippen LogP contribution in [0.5, 0.6) is 0 Å². The van der Waals surface area contributed by atoms with Gasteiger partial charge < -0.3 is 19.7 Å². The van der Waals surface area contributed by atoms with Crippen LogP contribution in [0.4, 0.5) is 0 Å². The number of aliphatic hydroxyl groups is 2. The van der Waals surface area contributed by atoms with Gasteiger partial charge in [0, 0.05) is 12.8 Å². The Labute approximate surface area is 261 Å². The van der Waals surface area contributed by atoms with E-state index in [4.69, 9.17) is 9.47 Å². The Morgan fingerprint density at radius 1 is 0.884 bits per heavy atom. The van der Waals surface area contributed by atoms with Gasteiger partial charge in [0.05, 0.1) is 17.3 Å². The average molecular weight is 599 g/mol. The highest BCUT2D eigenvalue weighted by atomic mass is 16.7. The summed E-state index contributed by atoms with van der Waals surface area (Å²) in [6.07, 6.45) is 15.3. The van der Waals surface area contributed by atoms with Gasteiger partial charge in [-0.1, -0.05) is 41.5 Å². The number of carbonyl (C=O) groups excluding carboxylic acids is 1. The molecule has 43 heavy (non-hydrogen) atoms. The van der Waals surface area contributed by atoms with Crippen LogP contribution < -0.4 is 0 Å². The number of ether oxygens (including phenoxy) is 2. The normalized spacial score (nSPS) is 56.7. The molecule has 2 N–H and O–H groups in total. The number of fused-ring (bicyclic) bond motifs is 5. The molecule has 0 spiro atoms.